The maximum atomic E-state index is 11.6. The molecule has 170 valence electrons. The summed E-state index contributed by atoms with van der Waals surface area (Å²) in [5.74, 6) is 0.370. The molecule has 2 N–H and O–H groups in total. The Hall–Kier alpha value is -2.74. The van der Waals surface area contributed by atoms with Crippen molar-refractivity contribution in [3.05, 3.63) is 59.7 Å². The second-order valence-electron chi connectivity index (χ2n) is 7.26. The number of carboxylic acid groups (broad SMARTS) is 1. The Bertz CT molecular complexity index is 1130. The van der Waals surface area contributed by atoms with Gasteiger partial charge in [-0.25, -0.2) is 4.79 Å². The molecule has 33 heavy (non-hydrogen) atoms. The zero-order valence-corrected chi connectivity index (χ0v) is 21.1. The summed E-state index contributed by atoms with van der Waals surface area (Å²) in [7, 11) is 0. The molecule has 0 saturated carbocycles. The van der Waals surface area contributed by atoms with Gasteiger partial charge in [-0.2, -0.15) is 0 Å². The number of hydrogen-bond acceptors (Lipinski definition) is 6. The summed E-state index contributed by atoms with van der Waals surface area (Å²) in [6, 6.07) is 14.2. The molecule has 0 aliphatic rings. The van der Waals surface area contributed by atoms with Crippen LogP contribution in [0.5, 0.6) is 23.0 Å². The number of aryl methyl sites for hydroxylation is 1. The maximum absolute atomic E-state index is 11.6. The zero-order valence-electron chi connectivity index (χ0n) is 20.1. The zero-order chi connectivity index (χ0) is 23.1. The molecule has 0 heterocycles. The van der Waals surface area contributed by atoms with Crippen molar-refractivity contribution < 1.29 is 65.0 Å². The Morgan fingerprint density at radius 3 is 2.42 bits per heavy atom. The van der Waals surface area contributed by atoms with Crippen molar-refractivity contribution in [1.82, 2.24) is 0 Å². The Balaban J connectivity index is 0.00000289. The van der Waals surface area contributed by atoms with Crippen molar-refractivity contribution in [3.8, 4) is 23.0 Å². The normalized spacial score (nSPS) is 10.4. The number of hydrogen-bond donors (Lipinski definition) is 2. The summed E-state index contributed by atoms with van der Waals surface area (Å²) < 4.78 is 17.0. The van der Waals surface area contributed by atoms with Gasteiger partial charge in [-0.15, -0.1) is 0 Å². The van der Waals surface area contributed by atoms with E-state index < -0.39 is 12.6 Å². The van der Waals surface area contributed by atoms with E-state index >= 15 is 0 Å². The summed E-state index contributed by atoms with van der Waals surface area (Å²) in [6.07, 6.45) is 1.28. The van der Waals surface area contributed by atoms with Crippen molar-refractivity contribution in [2.45, 2.75) is 26.7 Å². The van der Waals surface area contributed by atoms with Gasteiger partial charge in [0.25, 0.3) is 0 Å². The number of rotatable bonds is 11. The van der Waals surface area contributed by atoms with E-state index in [1.807, 2.05) is 37.3 Å². The van der Waals surface area contributed by atoms with Crippen LogP contribution in [0.2, 0.25) is 0 Å². The first-order chi connectivity index (χ1) is 15.4. The monoisotopic (exact) mass is 462 g/mol. The molecule has 0 bridgehead atoms. The van der Waals surface area contributed by atoms with E-state index in [0.717, 1.165) is 16.3 Å². The number of ketones is 1. The Morgan fingerprint density at radius 1 is 0.970 bits per heavy atom. The van der Waals surface area contributed by atoms with Gasteiger partial charge < -0.3 is 25.9 Å². The number of carbonyl (C=O) groups excluding carboxylic acids is 1. The molecule has 0 amide bonds. The fourth-order valence-electron chi connectivity index (χ4n) is 3.32. The number of aliphatic carboxylic acids is 1. The third-order valence-corrected chi connectivity index (χ3v) is 4.92. The van der Waals surface area contributed by atoms with Gasteiger partial charge in [-0.05, 0) is 48.6 Å². The minimum Gasteiger partial charge on any atom is -1.00 e. The standard InChI is InChI=1S/C25H26O7.Na.H/c1-3-17-12-20(16(2)26)22(27)14-24(17)31-11-5-10-30-19-9-8-18-6-4-7-23(21(18)13-19)32-15-25(28)29;;/h4,6-9,12-14,27H,3,5,10-11,15H2,1-2H3,(H,28,29);;/q;+1;-1. The van der Waals surface area contributed by atoms with Gasteiger partial charge in [0.15, 0.2) is 12.4 Å². The molecule has 8 heteroatoms. The molecule has 0 aliphatic heterocycles. The van der Waals surface area contributed by atoms with E-state index in [0.29, 0.717) is 48.9 Å². The largest absolute Gasteiger partial charge is 1.00 e. The maximum Gasteiger partial charge on any atom is 1.00 e. The van der Waals surface area contributed by atoms with Crippen LogP contribution in [-0.2, 0) is 11.2 Å². The summed E-state index contributed by atoms with van der Waals surface area (Å²) in [6.45, 7) is 3.75. The number of carboxylic acids is 1. The SMILES string of the molecule is CCc1cc(C(C)=O)c(O)cc1OCCCOc1ccc2cccc(OCC(=O)O)c2c1.[H-].[Na+]. The Morgan fingerprint density at radius 2 is 1.73 bits per heavy atom. The van der Waals surface area contributed by atoms with Crippen LogP contribution in [0.1, 0.15) is 37.6 Å². The van der Waals surface area contributed by atoms with Crippen molar-refractivity contribution >= 4 is 22.5 Å². The summed E-state index contributed by atoms with van der Waals surface area (Å²) in [5.41, 5.74) is 1.15. The van der Waals surface area contributed by atoms with E-state index in [1.54, 1.807) is 12.1 Å². The van der Waals surface area contributed by atoms with Crippen LogP contribution in [0.4, 0.5) is 0 Å². The molecule has 3 rings (SSSR count). The molecular weight excluding hydrogens is 435 g/mol. The number of aromatic hydroxyl groups is 1. The molecule has 0 spiro atoms. The first-order valence-electron chi connectivity index (χ1n) is 10.4. The van der Waals surface area contributed by atoms with E-state index in [9.17, 15) is 14.7 Å². The van der Waals surface area contributed by atoms with Crippen molar-refractivity contribution in [1.29, 1.82) is 0 Å². The van der Waals surface area contributed by atoms with Gasteiger partial charge in [-0.3, -0.25) is 4.79 Å². The average molecular weight is 462 g/mol. The third kappa shape index (κ3) is 7.12. The minimum absolute atomic E-state index is 0. The molecule has 0 fully saturated rings. The summed E-state index contributed by atoms with van der Waals surface area (Å²) >= 11 is 0. The smallest absolute Gasteiger partial charge is 1.00 e. The second-order valence-corrected chi connectivity index (χ2v) is 7.26. The number of Topliss-reactive ketones (excluding diaryl/α,β-unsaturated/α-hetero) is 1. The van der Waals surface area contributed by atoms with E-state index in [1.165, 1.54) is 13.0 Å². The van der Waals surface area contributed by atoms with Crippen LogP contribution in [0, 0.1) is 0 Å². The van der Waals surface area contributed by atoms with Gasteiger partial charge in [0.2, 0.25) is 0 Å². The predicted octanol–water partition coefficient (Wildman–Crippen LogP) is 1.74. The Kier molecular flexibility index (Phi) is 10.0. The van der Waals surface area contributed by atoms with Gasteiger partial charge in [0.05, 0.1) is 18.8 Å². The van der Waals surface area contributed by atoms with Crippen LogP contribution < -0.4 is 43.8 Å². The van der Waals surface area contributed by atoms with Gasteiger partial charge in [0.1, 0.15) is 23.0 Å². The molecular formula is C25H27NaO7. The number of ether oxygens (including phenoxy) is 3. The fraction of sp³-hybridized carbons (Fsp3) is 0.280. The van der Waals surface area contributed by atoms with Crippen molar-refractivity contribution in [2.24, 2.45) is 0 Å². The van der Waals surface area contributed by atoms with E-state index in [-0.39, 0.29) is 42.5 Å². The quantitative estimate of drug-likeness (QED) is 0.254. The third-order valence-electron chi connectivity index (χ3n) is 4.92. The van der Waals surface area contributed by atoms with Gasteiger partial charge in [-0.1, -0.05) is 25.1 Å². The van der Waals surface area contributed by atoms with Gasteiger partial charge >= 0.3 is 35.5 Å². The molecule has 0 unspecified atom stereocenters. The minimum atomic E-state index is -1.04. The number of carbonyl (C=O) groups is 2. The molecule has 0 saturated heterocycles. The van der Waals surface area contributed by atoms with Crippen LogP contribution in [0.3, 0.4) is 0 Å². The summed E-state index contributed by atoms with van der Waals surface area (Å²) in [4.78, 5) is 22.4. The fourth-order valence-corrected chi connectivity index (χ4v) is 3.32. The van der Waals surface area contributed by atoms with E-state index in [4.69, 9.17) is 19.3 Å². The number of phenols is 1. The number of phenolic OH excluding ortho intramolecular Hbond substituents is 1. The Labute approximate surface area is 216 Å². The van der Waals surface area contributed by atoms with Crippen molar-refractivity contribution in [2.75, 3.05) is 19.8 Å². The predicted molar refractivity (Wildman–Crippen MR) is 121 cm³/mol. The molecule has 0 radical (unpaired) electrons. The van der Waals surface area contributed by atoms with Crippen LogP contribution >= 0.6 is 0 Å². The van der Waals surface area contributed by atoms with Crippen LogP contribution in [-0.4, -0.2) is 41.8 Å². The second kappa shape index (κ2) is 12.5. The first-order valence-corrected chi connectivity index (χ1v) is 10.4. The summed E-state index contributed by atoms with van der Waals surface area (Å²) in [5, 5.41) is 20.6. The molecule has 0 aromatic heterocycles. The first kappa shape index (κ1) is 26.5. The van der Waals surface area contributed by atoms with Gasteiger partial charge in [0, 0.05) is 17.9 Å². The van der Waals surface area contributed by atoms with Crippen molar-refractivity contribution in [3.63, 3.8) is 0 Å². The molecule has 3 aromatic rings. The van der Waals surface area contributed by atoms with Crippen LogP contribution in [0.15, 0.2) is 48.5 Å². The number of benzene rings is 3. The molecule has 0 aliphatic carbocycles. The topological polar surface area (TPSA) is 102 Å². The molecule has 7 nitrogen and oxygen atoms in total. The van der Waals surface area contributed by atoms with E-state index in [2.05, 4.69) is 0 Å². The molecule has 0 atom stereocenters. The molecule has 3 aromatic carbocycles. The van der Waals surface area contributed by atoms with Crippen LogP contribution in [0.25, 0.3) is 10.8 Å². The average Bonchev–Trinajstić information content (AvgIpc) is 2.77. The number of fused-ring (bicyclic) bond motifs is 1.